The number of carbonyl (C=O) groups excluding carboxylic acids is 2. The van der Waals surface area contributed by atoms with E-state index in [2.05, 4.69) is 27.7 Å². The van der Waals surface area contributed by atoms with Crippen molar-refractivity contribution in [3.05, 3.63) is 0 Å². The Kier molecular flexibility index (Phi) is 8.90. The number of hydrogen-bond donors (Lipinski definition) is 0. The molecule has 2 saturated heterocycles. The molecule has 0 aromatic rings. The van der Waals surface area contributed by atoms with Gasteiger partial charge in [0, 0.05) is 0 Å². The summed E-state index contributed by atoms with van der Waals surface area (Å²) in [5, 5.41) is 0. The fourth-order valence-electron chi connectivity index (χ4n) is 6.03. The van der Waals surface area contributed by atoms with Gasteiger partial charge in [-0.25, -0.2) is 0 Å². The van der Waals surface area contributed by atoms with E-state index < -0.39 is 17.4 Å². The molecule has 0 bridgehead atoms. The molecule has 2 atom stereocenters. The van der Waals surface area contributed by atoms with E-state index in [4.69, 9.17) is 28.1 Å². The van der Waals surface area contributed by atoms with Gasteiger partial charge < -0.3 is 28.1 Å². The van der Waals surface area contributed by atoms with Gasteiger partial charge in [0.25, 0.3) is 0 Å². The predicted molar refractivity (Wildman–Crippen MR) is 143 cm³/mol. The van der Waals surface area contributed by atoms with Crippen LogP contribution in [0.3, 0.4) is 0 Å². The van der Waals surface area contributed by atoms with Crippen LogP contribution in [0.15, 0.2) is 0 Å². The van der Waals surface area contributed by atoms with Crippen LogP contribution in [0.2, 0.25) is 12.6 Å². The van der Waals surface area contributed by atoms with Gasteiger partial charge in [-0.1, -0.05) is 25.7 Å². The van der Waals surface area contributed by atoms with Crippen molar-refractivity contribution >= 4 is 26.2 Å². The first-order chi connectivity index (χ1) is 17.0. The zero-order chi connectivity index (χ0) is 27.9. The van der Waals surface area contributed by atoms with E-state index in [1.165, 1.54) is 14.2 Å². The Bertz CT molecular complexity index is 792. The van der Waals surface area contributed by atoms with Crippen molar-refractivity contribution in [2.24, 2.45) is 17.3 Å². The van der Waals surface area contributed by atoms with Gasteiger partial charge in [-0.15, -0.1) is 0 Å². The normalized spacial score (nSPS) is 28.9. The van der Waals surface area contributed by atoms with Crippen LogP contribution in [-0.2, 0) is 37.7 Å². The minimum absolute atomic E-state index is 0.161. The molecule has 0 amide bonds. The summed E-state index contributed by atoms with van der Waals surface area (Å²) in [5.74, 6) is -0.646. The first-order valence-electron chi connectivity index (χ1n) is 13.9. The molecule has 3 aliphatic rings. The maximum atomic E-state index is 12.9. The first kappa shape index (κ1) is 30.5. The lowest BCUT2D eigenvalue weighted by atomic mass is 9.76. The fraction of sp³-hybridized carbons (Fsp3) is 0.926. The van der Waals surface area contributed by atoms with Crippen LogP contribution in [0.5, 0.6) is 0 Å². The van der Waals surface area contributed by atoms with Crippen LogP contribution in [-0.4, -0.2) is 62.8 Å². The van der Waals surface area contributed by atoms with Crippen LogP contribution < -0.4 is 0 Å². The quantitative estimate of drug-likeness (QED) is 0.170. The highest BCUT2D eigenvalue weighted by Gasteiger charge is 2.58. The van der Waals surface area contributed by atoms with Gasteiger partial charge in [0.15, 0.2) is 5.41 Å². The summed E-state index contributed by atoms with van der Waals surface area (Å²) in [4.78, 5) is 25.8. The molecule has 10 heteroatoms. The lowest BCUT2D eigenvalue weighted by Gasteiger charge is -2.32. The molecular weight excluding hydrogens is 474 g/mol. The van der Waals surface area contributed by atoms with Crippen molar-refractivity contribution in [2.75, 3.05) is 14.2 Å². The number of ether oxygens (including phenoxy) is 2. The second-order valence-corrected chi connectivity index (χ2v) is 13.2. The summed E-state index contributed by atoms with van der Waals surface area (Å²) in [6.45, 7) is 16.4. The van der Waals surface area contributed by atoms with E-state index >= 15 is 0 Å². The molecule has 0 N–H and O–H groups in total. The Balaban J connectivity index is 1.63. The van der Waals surface area contributed by atoms with Gasteiger partial charge in [-0.2, -0.15) is 0 Å². The molecule has 2 aliphatic heterocycles. The number of methoxy groups -OCH3 is 2. The van der Waals surface area contributed by atoms with Crippen LogP contribution in [0.1, 0.15) is 93.9 Å². The highest BCUT2D eigenvalue weighted by Crippen LogP contribution is 2.51. The largest absolute Gasteiger partial charge is 0.468 e. The Morgan fingerprint density at radius 1 is 0.649 bits per heavy atom. The molecule has 37 heavy (non-hydrogen) atoms. The molecule has 210 valence electrons. The standard InChI is InChI=1S/C27H48B2O8/c1-23(2)24(3,4)35-28(34-23)15-12-11-13-19-17-27(21(30)32-9,22(31)33-10)18-20(19)14-16-29-36-25(5,6)26(7,8)37-29/h19-20H,11-18H2,1-10H3/t19-,20-/m0/s1. The smallest absolute Gasteiger partial charge is 0.457 e. The summed E-state index contributed by atoms with van der Waals surface area (Å²) in [5.41, 5.74) is -2.69. The zero-order valence-corrected chi connectivity index (χ0v) is 24.7. The first-order valence-corrected chi connectivity index (χ1v) is 13.9. The SMILES string of the molecule is COC(=O)C1(C(=O)OC)C[C@H](CCCCB2OC(C)(C)C(C)(C)O2)[C@@H](CCB2OC(C)(C)C(C)(C)O2)C1. The number of hydrogen-bond acceptors (Lipinski definition) is 8. The van der Waals surface area contributed by atoms with Crippen LogP contribution >= 0.6 is 0 Å². The molecule has 2 heterocycles. The van der Waals surface area contributed by atoms with E-state index in [9.17, 15) is 9.59 Å². The number of unbranched alkanes of at least 4 members (excludes halogenated alkanes) is 1. The summed E-state index contributed by atoms with van der Waals surface area (Å²) < 4.78 is 34.9. The third kappa shape index (κ3) is 6.07. The van der Waals surface area contributed by atoms with Crippen LogP contribution in [0, 0.1) is 17.3 Å². The van der Waals surface area contributed by atoms with Crippen molar-refractivity contribution in [3.8, 4) is 0 Å². The van der Waals surface area contributed by atoms with Crippen molar-refractivity contribution in [1.29, 1.82) is 0 Å². The second-order valence-electron chi connectivity index (χ2n) is 13.2. The number of esters is 2. The van der Waals surface area contributed by atoms with E-state index in [0.29, 0.717) is 19.2 Å². The molecule has 0 unspecified atom stereocenters. The summed E-state index contributed by atoms with van der Waals surface area (Å²) >= 11 is 0. The molecule has 3 rings (SSSR count). The van der Waals surface area contributed by atoms with Crippen molar-refractivity contribution in [1.82, 2.24) is 0 Å². The molecule has 0 aromatic heterocycles. The van der Waals surface area contributed by atoms with E-state index in [1.807, 2.05) is 27.7 Å². The third-order valence-corrected chi connectivity index (χ3v) is 9.68. The molecule has 0 aromatic carbocycles. The second kappa shape index (κ2) is 10.8. The minimum Gasteiger partial charge on any atom is -0.468 e. The minimum atomic E-state index is -1.25. The Morgan fingerprint density at radius 2 is 1.03 bits per heavy atom. The van der Waals surface area contributed by atoms with E-state index in [0.717, 1.165) is 32.0 Å². The predicted octanol–water partition coefficient (Wildman–Crippen LogP) is 5.09. The molecule has 3 fully saturated rings. The van der Waals surface area contributed by atoms with Gasteiger partial charge in [0.1, 0.15) is 0 Å². The van der Waals surface area contributed by atoms with Gasteiger partial charge in [-0.3, -0.25) is 9.59 Å². The molecule has 0 radical (unpaired) electrons. The zero-order valence-electron chi connectivity index (χ0n) is 24.7. The summed E-state index contributed by atoms with van der Waals surface area (Å²) in [6, 6.07) is 0. The Hall–Kier alpha value is -1.09. The lowest BCUT2D eigenvalue weighted by molar-refractivity contribution is -0.169. The molecule has 0 spiro atoms. The van der Waals surface area contributed by atoms with Gasteiger partial charge in [-0.05, 0) is 92.7 Å². The summed E-state index contributed by atoms with van der Waals surface area (Å²) in [6.07, 6.45) is 6.00. The topological polar surface area (TPSA) is 89.5 Å². The number of carbonyl (C=O) groups is 2. The van der Waals surface area contributed by atoms with Gasteiger partial charge >= 0.3 is 26.2 Å². The average Bonchev–Trinajstić information content (AvgIpc) is 3.34. The van der Waals surface area contributed by atoms with Crippen LogP contribution in [0.4, 0.5) is 0 Å². The highest BCUT2D eigenvalue weighted by molar-refractivity contribution is 6.45. The van der Waals surface area contributed by atoms with E-state index in [-0.39, 0.29) is 48.5 Å². The van der Waals surface area contributed by atoms with Gasteiger partial charge in [0.2, 0.25) is 0 Å². The fourth-order valence-corrected chi connectivity index (χ4v) is 6.03. The highest BCUT2D eigenvalue weighted by atomic mass is 16.7. The monoisotopic (exact) mass is 522 g/mol. The van der Waals surface area contributed by atoms with Crippen LogP contribution in [0.25, 0.3) is 0 Å². The van der Waals surface area contributed by atoms with Crippen molar-refractivity contribution < 1.29 is 37.7 Å². The molecule has 1 aliphatic carbocycles. The Morgan fingerprint density at radius 3 is 1.43 bits per heavy atom. The maximum absolute atomic E-state index is 12.9. The molecule has 8 nitrogen and oxygen atoms in total. The third-order valence-electron chi connectivity index (χ3n) is 9.68. The van der Waals surface area contributed by atoms with Gasteiger partial charge in [0.05, 0.1) is 36.6 Å². The van der Waals surface area contributed by atoms with E-state index in [1.54, 1.807) is 0 Å². The average molecular weight is 522 g/mol. The molecule has 1 saturated carbocycles. The number of rotatable bonds is 10. The van der Waals surface area contributed by atoms with Crippen molar-refractivity contribution in [3.63, 3.8) is 0 Å². The maximum Gasteiger partial charge on any atom is 0.457 e. The summed E-state index contributed by atoms with van der Waals surface area (Å²) in [7, 11) is 2.16. The lowest BCUT2D eigenvalue weighted by Crippen LogP contribution is -2.41. The Labute approximate surface area is 224 Å². The molecular formula is C27H48B2O8. The van der Waals surface area contributed by atoms with Crippen molar-refractivity contribution in [2.45, 2.75) is 129 Å².